The van der Waals surface area contributed by atoms with E-state index < -0.39 is 0 Å². The van der Waals surface area contributed by atoms with Crippen LogP contribution in [-0.4, -0.2) is 33.8 Å². The van der Waals surface area contributed by atoms with Crippen molar-refractivity contribution in [3.8, 4) is 11.8 Å². The minimum Gasteiger partial charge on any atom is -0.497 e. The fourth-order valence-corrected chi connectivity index (χ4v) is 1.57. The summed E-state index contributed by atoms with van der Waals surface area (Å²) < 4.78 is 5.18. The van der Waals surface area contributed by atoms with Gasteiger partial charge in [-0.2, -0.15) is 5.26 Å². The second-order valence-electron chi connectivity index (χ2n) is 3.88. The number of hydrogen-bond donors (Lipinski definition) is 1. The number of nitrogens with one attached hydrogen (secondary N) is 1. The summed E-state index contributed by atoms with van der Waals surface area (Å²) in [6.07, 6.45) is 0.792. The quantitative estimate of drug-likeness (QED) is 0.811. The lowest BCUT2D eigenvalue weighted by Crippen LogP contribution is -2.29. The number of anilines is 1. The highest BCUT2D eigenvalue weighted by molar-refractivity contribution is 5.50. The van der Waals surface area contributed by atoms with Gasteiger partial charge in [-0.05, 0) is 25.6 Å². The Labute approximate surface area is 103 Å². The molecule has 0 aliphatic heterocycles. The molecule has 92 valence electrons. The molecule has 0 saturated heterocycles. The third-order valence-corrected chi connectivity index (χ3v) is 2.75. The zero-order valence-corrected chi connectivity index (χ0v) is 10.6. The summed E-state index contributed by atoms with van der Waals surface area (Å²) in [5, 5.41) is 11.8. The maximum atomic E-state index is 8.84. The fourth-order valence-electron chi connectivity index (χ4n) is 1.57. The number of nitriles is 1. The Kier molecular flexibility index (Phi) is 5.31. The molecule has 1 aromatic rings. The average molecular weight is 233 g/mol. The maximum absolute atomic E-state index is 8.84. The molecule has 17 heavy (non-hydrogen) atoms. The first kappa shape index (κ1) is 13.3. The summed E-state index contributed by atoms with van der Waals surface area (Å²) in [5.41, 5.74) is 1.09. The van der Waals surface area contributed by atoms with Crippen LogP contribution in [0, 0.1) is 11.3 Å². The topological polar surface area (TPSA) is 48.3 Å². The van der Waals surface area contributed by atoms with E-state index >= 15 is 0 Å². The Balaban J connectivity index is 2.57. The van der Waals surface area contributed by atoms with Crippen molar-refractivity contribution in [2.45, 2.75) is 12.5 Å². The minimum atomic E-state index is -0.0944. The molecule has 0 radical (unpaired) electrons. The number of rotatable bonds is 6. The van der Waals surface area contributed by atoms with Gasteiger partial charge in [0.1, 0.15) is 5.75 Å². The Morgan fingerprint density at radius 2 is 2.29 bits per heavy atom. The highest BCUT2D eigenvalue weighted by Crippen LogP contribution is 2.19. The van der Waals surface area contributed by atoms with Crippen LogP contribution in [0.5, 0.6) is 5.75 Å². The summed E-state index contributed by atoms with van der Waals surface area (Å²) in [5.74, 6) is 0.847. The van der Waals surface area contributed by atoms with E-state index in [0.29, 0.717) is 0 Å². The summed E-state index contributed by atoms with van der Waals surface area (Å²) >= 11 is 0. The summed E-state index contributed by atoms with van der Waals surface area (Å²) in [6.45, 7) is 0.826. The molecule has 0 aromatic heterocycles. The number of methoxy groups -OCH3 is 1. The average Bonchev–Trinajstić information content (AvgIpc) is 2.39. The molecule has 0 bridgehead atoms. The SMILES string of the molecule is CNC(C#N)CCN(C)c1cccc(OC)c1. The van der Waals surface area contributed by atoms with Gasteiger partial charge in [-0.1, -0.05) is 6.07 Å². The zero-order chi connectivity index (χ0) is 12.7. The molecular weight excluding hydrogens is 214 g/mol. The molecule has 0 heterocycles. The van der Waals surface area contributed by atoms with Gasteiger partial charge in [-0.3, -0.25) is 0 Å². The van der Waals surface area contributed by atoms with E-state index in [1.165, 1.54) is 0 Å². The van der Waals surface area contributed by atoms with Crippen LogP contribution in [0.2, 0.25) is 0 Å². The lowest BCUT2D eigenvalue weighted by atomic mass is 10.2. The second-order valence-corrected chi connectivity index (χ2v) is 3.88. The van der Waals surface area contributed by atoms with Crippen LogP contribution in [0.3, 0.4) is 0 Å². The maximum Gasteiger partial charge on any atom is 0.120 e. The molecule has 1 rings (SSSR count). The van der Waals surface area contributed by atoms with E-state index in [2.05, 4.69) is 16.3 Å². The van der Waals surface area contributed by atoms with Gasteiger partial charge < -0.3 is 15.0 Å². The first-order chi connectivity index (χ1) is 8.21. The largest absolute Gasteiger partial charge is 0.497 e. The standard InChI is InChI=1S/C13H19N3O/c1-15-11(10-14)7-8-16(2)12-5-4-6-13(9-12)17-3/h4-6,9,11,15H,7-8H2,1-3H3. The Hall–Kier alpha value is -1.73. The number of hydrogen-bond acceptors (Lipinski definition) is 4. The molecule has 0 aliphatic carbocycles. The highest BCUT2D eigenvalue weighted by atomic mass is 16.5. The van der Waals surface area contributed by atoms with Crippen LogP contribution in [0.1, 0.15) is 6.42 Å². The van der Waals surface area contributed by atoms with Crippen molar-refractivity contribution in [3.63, 3.8) is 0 Å². The molecule has 1 atom stereocenters. The van der Waals surface area contributed by atoms with Gasteiger partial charge in [0.05, 0.1) is 19.2 Å². The third kappa shape index (κ3) is 3.97. The van der Waals surface area contributed by atoms with E-state index in [-0.39, 0.29) is 6.04 Å². The molecular formula is C13H19N3O. The molecule has 1 unspecified atom stereocenters. The Bertz CT molecular complexity index is 386. The zero-order valence-electron chi connectivity index (χ0n) is 10.6. The van der Waals surface area contributed by atoms with E-state index in [1.807, 2.05) is 31.3 Å². The van der Waals surface area contributed by atoms with Gasteiger partial charge in [0.25, 0.3) is 0 Å². The van der Waals surface area contributed by atoms with Crippen molar-refractivity contribution in [2.75, 3.05) is 32.6 Å². The number of ether oxygens (including phenoxy) is 1. The highest BCUT2D eigenvalue weighted by Gasteiger charge is 2.07. The van der Waals surface area contributed by atoms with Gasteiger partial charge >= 0.3 is 0 Å². The van der Waals surface area contributed by atoms with Crippen molar-refractivity contribution < 1.29 is 4.74 Å². The van der Waals surface area contributed by atoms with E-state index in [9.17, 15) is 0 Å². The molecule has 4 nitrogen and oxygen atoms in total. The van der Waals surface area contributed by atoms with Gasteiger partial charge in [0, 0.05) is 25.3 Å². The van der Waals surface area contributed by atoms with Crippen LogP contribution < -0.4 is 15.0 Å². The van der Waals surface area contributed by atoms with Crippen molar-refractivity contribution >= 4 is 5.69 Å². The van der Waals surface area contributed by atoms with Gasteiger partial charge in [0.2, 0.25) is 0 Å². The van der Waals surface area contributed by atoms with Gasteiger partial charge in [-0.25, -0.2) is 0 Å². The van der Waals surface area contributed by atoms with Crippen LogP contribution in [-0.2, 0) is 0 Å². The predicted octanol–water partition coefficient (Wildman–Crippen LogP) is 1.63. The molecule has 0 saturated carbocycles. The smallest absolute Gasteiger partial charge is 0.120 e. The summed E-state index contributed by atoms with van der Waals surface area (Å²) in [7, 11) is 5.48. The fraction of sp³-hybridized carbons (Fsp3) is 0.462. The molecule has 0 aliphatic rings. The van der Waals surface area contributed by atoms with Crippen molar-refractivity contribution in [2.24, 2.45) is 0 Å². The monoisotopic (exact) mass is 233 g/mol. The Morgan fingerprint density at radius 3 is 2.88 bits per heavy atom. The second kappa shape index (κ2) is 6.77. The summed E-state index contributed by atoms with van der Waals surface area (Å²) in [6, 6.07) is 10.0. The molecule has 0 fully saturated rings. The molecule has 1 aromatic carbocycles. The molecule has 4 heteroatoms. The Morgan fingerprint density at radius 1 is 1.53 bits per heavy atom. The predicted molar refractivity (Wildman–Crippen MR) is 69.3 cm³/mol. The van der Waals surface area contributed by atoms with Gasteiger partial charge in [0.15, 0.2) is 0 Å². The van der Waals surface area contributed by atoms with E-state index in [1.54, 1.807) is 14.2 Å². The number of nitrogens with zero attached hydrogens (tertiary/aromatic N) is 2. The van der Waals surface area contributed by atoms with Crippen molar-refractivity contribution in [1.82, 2.24) is 5.32 Å². The lowest BCUT2D eigenvalue weighted by Gasteiger charge is -2.21. The first-order valence-corrected chi connectivity index (χ1v) is 5.63. The van der Waals surface area contributed by atoms with Crippen LogP contribution in [0.25, 0.3) is 0 Å². The number of benzene rings is 1. The molecule has 1 N–H and O–H groups in total. The summed E-state index contributed by atoms with van der Waals surface area (Å²) in [4.78, 5) is 2.12. The van der Waals surface area contributed by atoms with Gasteiger partial charge in [-0.15, -0.1) is 0 Å². The van der Waals surface area contributed by atoms with Crippen LogP contribution >= 0.6 is 0 Å². The van der Waals surface area contributed by atoms with E-state index in [0.717, 1.165) is 24.4 Å². The lowest BCUT2D eigenvalue weighted by molar-refractivity contribution is 0.415. The van der Waals surface area contributed by atoms with E-state index in [4.69, 9.17) is 10.00 Å². The van der Waals surface area contributed by atoms with Crippen molar-refractivity contribution in [3.05, 3.63) is 24.3 Å². The first-order valence-electron chi connectivity index (χ1n) is 5.63. The minimum absolute atomic E-state index is 0.0944. The van der Waals surface area contributed by atoms with Crippen molar-refractivity contribution in [1.29, 1.82) is 5.26 Å². The van der Waals surface area contributed by atoms with Crippen LogP contribution in [0.15, 0.2) is 24.3 Å². The normalized spacial score (nSPS) is 11.6. The van der Waals surface area contributed by atoms with Crippen LogP contribution in [0.4, 0.5) is 5.69 Å². The molecule has 0 amide bonds. The third-order valence-electron chi connectivity index (χ3n) is 2.75. The molecule has 0 spiro atoms.